The maximum absolute atomic E-state index is 12.0. The van der Waals surface area contributed by atoms with Gasteiger partial charge in [-0.2, -0.15) is 0 Å². The Kier molecular flexibility index (Phi) is 11.1. The van der Waals surface area contributed by atoms with Crippen LogP contribution in [0.2, 0.25) is 0 Å². The number of nitrogens with one attached hydrogen (secondary N) is 2. The molecule has 26 heavy (non-hydrogen) atoms. The minimum Gasteiger partial charge on any atom is -0.497 e. The van der Waals surface area contributed by atoms with Crippen LogP contribution in [-0.4, -0.2) is 39.3 Å². The van der Waals surface area contributed by atoms with Crippen LogP contribution in [0.3, 0.4) is 0 Å². The zero-order valence-corrected chi connectivity index (χ0v) is 16.8. The standard InChI is InChI=1S/C20H32N2O3.ClH/c1-24-18-13-16(14-19(15-18)25-2)9-10-20(23)22-12-11-21-17-7-5-3-4-6-8-17;/h13-15,17,21H,3-12H2,1-2H3,(H,22,23);1H. The summed E-state index contributed by atoms with van der Waals surface area (Å²) in [5.74, 6) is 1.59. The lowest BCUT2D eigenvalue weighted by molar-refractivity contribution is -0.121. The highest BCUT2D eigenvalue weighted by molar-refractivity contribution is 5.85. The average Bonchev–Trinajstić information content (AvgIpc) is 2.92. The van der Waals surface area contributed by atoms with Crippen LogP contribution in [-0.2, 0) is 11.2 Å². The third-order valence-electron chi connectivity index (χ3n) is 4.79. The third kappa shape index (κ3) is 8.28. The van der Waals surface area contributed by atoms with E-state index in [0.29, 0.717) is 25.4 Å². The molecule has 1 fully saturated rings. The largest absolute Gasteiger partial charge is 0.497 e. The second-order valence-electron chi connectivity index (χ2n) is 6.71. The van der Waals surface area contributed by atoms with Gasteiger partial charge in [0.1, 0.15) is 11.5 Å². The van der Waals surface area contributed by atoms with E-state index in [2.05, 4.69) is 10.6 Å². The predicted octanol–water partition coefficient (Wildman–Crippen LogP) is 3.49. The van der Waals surface area contributed by atoms with Gasteiger partial charge >= 0.3 is 0 Å². The first-order chi connectivity index (χ1) is 12.2. The molecule has 1 saturated carbocycles. The number of amides is 1. The van der Waals surface area contributed by atoms with E-state index in [9.17, 15) is 4.79 Å². The van der Waals surface area contributed by atoms with Crippen LogP contribution < -0.4 is 20.1 Å². The molecule has 1 aliphatic rings. The Morgan fingerprint density at radius 2 is 1.62 bits per heavy atom. The number of hydrogen-bond acceptors (Lipinski definition) is 4. The number of carbonyl (C=O) groups is 1. The number of methoxy groups -OCH3 is 2. The van der Waals surface area contributed by atoms with Gasteiger partial charge in [-0.3, -0.25) is 4.79 Å². The van der Waals surface area contributed by atoms with E-state index in [1.165, 1.54) is 38.5 Å². The fraction of sp³-hybridized carbons (Fsp3) is 0.650. The zero-order valence-electron chi connectivity index (χ0n) is 16.0. The highest BCUT2D eigenvalue weighted by Crippen LogP contribution is 2.23. The summed E-state index contributed by atoms with van der Waals surface area (Å²) in [6.07, 6.45) is 9.07. The first kappa shape index (κ1) is 22.6. The van der Waals surface area contributed by atoms with Gasteiger partial charge in [0.2, 0.25) is 5.91 Å². The van der Waals surface area contributed by atoms with Crippen molar-refractivity contribution in [3.63, 3.8) is 0 Å². The van der Waals surface area contributed by atoms with Gasteiger partial charge in [0.05, 0.1) is 14.2 Å². The fourth-order valence-electron chi connectivity index (χ4n) is 3.32. The maximum Gasteiger partial charge on any atom is 0.220 e. The van der Waals surface area contributed by atoms with Gasteiger partial charge in [-0.05, 0) is 37.0 Å². The summed E-state index contributed by atoms with van der Waals surface area (Å²) in [5, 5.41) is 6.57. The van der Waals surface area contributed by atoms with E-state index >= 15 is 0 Å². The normalized spacial score (nSPS) is 14.8. The molecule has 0 spiro atoms. The molecule has 5 nitrogen and oxygen atoms in total. The lowest BCUT2D eigenvalue weighted by Gasteiger charge is -2.16. The van der Waals surface area contributed by atoms with Crippen molar-refractivity contribution in [2.45, 2.75) is 57.4 Å². The van der Waals surface area contributed by atoms with Crippen molar-refractivity contribution in [3.05, 3.63) is 23.8 Å². The summed E-state index contributed by atoms with van der Waals surface area (Å²) >= 11 is 0. The molecule has 0 heterocycles. The smallest absolute Gasteiger partial charge is 0.220 e. The first-order valence-corrected chi connectivity index (χ1v) is 9.43. The van der Waals surface area contributed by atoms with E-state index < -0.39 is 0 Å². The van der Waals surface area contributed by atoms with Crippen LogP contribution in [0.4, 0.5) is 0 Å². The van der Waals surface area contributed by atoms with Crippen molar-refractivity contribution in [1.82, 2.24) is 10.6 Å². The number of carbonyl (C=O) groups excluding carboxylic acids is 1. The molecule has 1 aromatic carbocycles. The van der Waals surface area contributed by atoms with Crippen LogP contribution in [0.1, 0.15) is 50.5 Å². The Morgan fingerprint density at radius 3 is 2.19 bits per heavy atom. The Hall–Kier alpha value is -1.46. The van der Waals surface area contributed by atoms with Gasteiger partial charge in [0.15, 0.2) is 0 Å². The summed E-state index contributed by atoms with van der Waals surface area (Å²) in [5.41, 5.74) is 1.04. The Morgan fingerprint density at radius 1 is 1.00 bits per heavy atom. The molecule has 1 aromatic rings. The topological polar surface area (TPSA) is 59.6 Å². The van der Waals surface area contributed by atoms with Crippen LogP contribution in [0.25, 0.3) is 0 Å². The molecule has 0 atom stereocenters. The SMILES string of the molecule is COc1cc(CCC(=O)NCCNC2CCCCCC2)cc(OC)c1.Cl. The zero-order chi connectivity index (χ0) is 17.9. The molecule has 0 bridgehead atoms. The molecule has 1 aliphatic carbocycles. The lowest BCUT2D eigenvalue weighted by atomic mass is 10.1. The maximum atomic E-state index is 12.0. The molecule has 2 N–H and O–H groups in total. The molecule has 148 valence electrons. The molecular formula is C20H33ClN2O3. The van der Waals surface area contributed by atoms with Crippen molar-refractivity contribution in [2.24, 2.45) is 0 Å². The van der Waals surface area contributed by atoms with Crippen molar-refractivity contribution in [3.8, 4) is 11.5 Å². The van der Waals surface area contributed by atoms with Gasteiger partial charge in [-0.15, -0.1) is 12.4 Å². The highest BCUT2D eigenvalue weighted by Gasteiger charge is 2.11. The molecule has 0 aliphatic heterocycles. The molecule has 0 radical (unpaired) electrons. The van der Waals surface area contributed by atoms with Gasteiger partial charge in [-0.1, -0.05) is 25.7 Å². The summed E-state index contributed by atoms with van der Waals surface area (Å²) < 4.78 is 10.5. The number of rotatable bonds is 9. The van der Waals surface area contributed by atoms with Crippen molar-refractivity contribution < 1.29 is 14.3 Å². The second-order valence-corrected chi connectivity index (χ2v) is 6.71. The third-order valence-corrected chi connectivity index (χ3v) is 4.79. The number of hydrogen-bond donors (Lipinski definition) is 2. The summed E-state index contributed by atoms with van der Waals surface area (Å²) in [7, 11) is 3.26. The molecule has 0 unspecified atom stereocenters. The van der Waals surface area contributed by atoms with E-state index in [-0.39, 0.29) is 18.3 Å². The molecule has 6 heteroatoms. The van der Waals surface area contributed by atoms with Crippen LogP contribution in [0.5, 0.6) is 11.5 Å². The minimum atomic E-state index is 0. The van der Waals surface area contributed by atoms with E-state index in [4.69, 9.17) is 9.47 Å². The highest BCUT2D eigenvalue weighted by atomic mass is 35.5. The van der Waals surface area contributed by atoms with Crippen molar-refractivity contribution in [1.29, 1.82) is 0 Å². The van der Waals surface area contributed by atoms with Gasteiger partial charge < -0.3 is 20.1 Å². The predicted molar refractivity (Wildman–Crippen MR) is 108 cm³/mol. The molecule has 1 amide bonds. The van der Waals surface area contributed by atoms with Crippen molar-refractivity contribution >= 4 is 18.3 Å². The van der Waals surface area contributed by atoms with Gasteiger partial charge in [0.25, 0.3) is 0 Å². The Balaban J connectivity index is 0.00000338. The number of benzene rings is 1. The van der Waals surface area contributed by atoms with E-state index in [1.54, 1.807) is 14.2 Å². The monoisotopic (exact) mass is 384 g/mol. The summed E-state index contributed by atoms with van der Waals surface area (Å²) in [6.45, 7) is 1.54. The number of ether oxygens (including phenoxy) is 2. The van der Waals surface area contributed by atoms with Crippen LogP contribution >= 0.6 is 12.4 Å². The number of aryl methyl sites for hydroxylation is 1. The summed E-state index contributed by atoms with van der Waals surface area (Å²) in [6, 6.07) is 6.36. The Labute approximate surface area is 163 Å². The second kappa shape index (κ2) is 12.8. The Bertz CT molecular complexity index is 510. The molecule has 2 rings (SSSR count). The van der Waals surface area contributed by atoms with E-state index in [1.807, 2.05) is 18.2 Å². The molecular weight excluding hydrogens is 352 g/mol. The quantitative estimate of drug-likeness (QED) is 0.505. The van der Waals surface area contributed by atoms with Gasteiger partial charge in [0, 0.05) is 31.6 Å². The fourth-order valence-corrected chi connectivity index (χ4v) is 3.32. The first-order valence-electron chi connectivity index (χ1n) is 9.43. The van der Waals surface area contributed by atoms with E-state index in [0.717, 1.165) is 23.6 Å². The average molecular weight is 385 g/mol. The molecule has 0 aromatic heterocycles. The van der Waals surface area contributed by atoms with Crippen LogP contribution in [0.15, 0.2) is 18.2 Å². The van der Waals surface area contributed by atoms with Crippen molar-refractivity contribution in [2.75, 3.05) is 27.3 Å². The number of halogens is 1. The summed E-state index contributed by atoms with van der Waals surface area (Å²) in [4.78, 5) is 12.0. The molecule has 0 saturated heterocycles. The minimum absolute atomic E-state index is 0. The van der Waals surface area contributed by atoms with Crippen LogP contribution in [0, 0.1) is 0 Å². The van der Waals surface area contributed by atoms with Gasteiger partial charge in [-0.25, -0.2) is 0 Å². The lowest BCUT2D eigenvalue weighted by Crippen LogP contribution is -2.36.